The Kier molecular flexibility index (Phi) is 5.74. The molecule has 0 aliphatic rings. The zero-order valence-electron chi connectivity index (χ0n) is 12.5. The average molecular weight is 297 g/mol. The van der Waals surface area contributed by atoms with Crippen LogP contribution in [-0.2, 0) is 20.4 Å². The van der Waals surface area contributed by atoms with Gasteiger partial charge < -0.3 is 5.32 Å². The zero-order chi connectivity index (χ0) is 15.3. The van der Waals surface area contributed by atoms with E-state index in [9.17, 15) is 13.2 Å². The van der Waals surface area contributed by atoms with Crippen molar-refractivity contribution in [2.45, 2.75) is 38.7 Å². The van der Waals surface area contributed by atoms with Crippen LogP contribution in [0.3, 0.4) is 0 Å². The van der Waals surface area contributed by atoms with Gasteiger partial charge >= 0.3 is 0 Å². The number of aryl methyl sites for hydroxylation is 1. The number of benzene rings is 1. The minimum absolute atomic E-state index is 0.106. The van der Waals surface area contributed by atoms with Crippen LogP contribution in [-0.4, -0.2) is 26.1 Å². The van der Waals surface area contributed by atoms with E-state index in [0.29, 0.717) is 18.0 Å². The summed E-state index contributed by atoms with van der Waals surface area (Å²) in [5.74, 6) is -0.234. The Morgan fingerprint density at radius 1 is 1.25 bits per heavy atom. The van der Waals surface area contributed by atoms with Crippen LogP contribution in [0.1, 0.15) is 31.9 Å². The zero-order valence-corrected chi connectivity index (χ0v) is 13.3. The summed E-state index contributed by atoms with van der Waals surface area (Å²) < 4.78 is 24.5. The number of nitrogens with one attached hydrogen (secondary N) is 1. The average Bonchev–Trinajstić information content (AvgIpc) is 2.34. The molecule has 0 fully saturated rings. The first-order valence-electron chi connectivity index (χ1n) is 6.77. The van der Waals surface area contributed by atoms with Crippen LogP contribution in [0.15, 0.2) is 24.3 Å². The lowest BCUT2D eigenvalue weighted by molar-refractivity contribution is -0.120. The van der Waals surface area contributed by atoms with Gasteiger partial charge in [-0.25, -0.2) is 8.42 Å². The molecule has 0 spiro atoms. The first kappa shape index (κ1) is 16.7. The molecule has 20 heavy (non-hydrogen) atoms. The topological polar surface area (TPSA) is 63.2 Å². The van der Waals surface area contributed by atoms with Gasteiger partial charge in [-0.3, -0.25) is 4.79 Å². The number of hydrogen-bond donors (Lipinski definition) is 1. The second-order valence-corrected chi connectivity index (χ2v) is 7.90. The van der Waals surface area contributed by atoms with Gasteiger partial charge in [0, 0.05) is 6.54 Å². The molecule has 0 saturated heterocycles. The van der Waals surface area contributed by atoms with Crippen molar-refractivity contribution in [3.63, 3.8) is 0 Å². The van der Waals surface area contributed by atoms with Crippen LogP contribution in [0, 0.1) is 12.8 Å². The minimum Gasteiger partial charge on any atom is -0.355 e. The Labute approximate surface area is 121 Å². The highest BCUT2D eigenvalue weighted by molar-refractivity contribution is 7.92. The number of rotatable bonds is 6. The minimum atomic E-state index is -3.49. The highest BCUT2D eigenvalue weighted by Crippen LogP contribution is 2.13. The van der Waals surface area contributed by atoms with Crippen LogP contribution < -0.4 is 5.32 Å². The van der Waals surface area contributed by atoms with E-state index in [1.807, 2.05) is 39.0 Å². The molecule has 0 radical (unpaired) electrons. The molecule has 1 atom stereocenters. The monoisotopic (exact) mass is 297 g/mol. The standard InChI is InChI=1S/C15H23NO3S/c1-11(2)9-16-15(17)13(4)20(18,19)10-14-7-5-6-12(3)8-14/h5-8,11,13H,9-10H2,1-4H3,(H,16,17). The third-order valence-electron chi connectivity index (χ3n) is 3.04. The first-order valence-corrected chi connectivity index (χ1v) is 8.48. The van der Waals surface area contributed by atoms with Gasteiger partial charge in [-0.15, -0.1) is 0 Å². The van der Waals surface area contributed by atoms with E-state index in [-0.39, 0.29) is 5.75 Å². The summed E-state index contributed by atoms with van der Waals surface area (Å²) in [5, 5.41) is 1.64. The molecule has 1 rings (SSSR count). The lowest BCUT2D eigenvalue weighted by Gasteiger charge is -2.14. The Bertz CT molecular complexity index is 564. The summed E-state index contributed by atoms with van der Waals surface area (Å²) in [4.78, 5) is 11.9. The molecule has 1 aromatic rings. The van der Waals surface area contributed by atoms with Crippen molar-refractivity contribution in [3.8, 4) is 0 Å². The molecule has 0 heterocycles. The summed E-state index contributed by atoms with van der Waals surface area (Å²) >= 11 is 0. The highest BCUT2D eigenvalue weighted by atomic mass is 32.2. The lowest BCUT2D eigenvalue weighted by Crippen LogP contribution is -2.39. The molecule has 5 heteroatoms. The van der Waals surface area contributed by atoms with E-state index in [2.05, 4.69) is 5.32 Å². The van der Waals surface area contributed by atoms with Crippen LogP contribution in [0.4, 0.5) is 0 Å². The fraction of sp³-hybridized carbons (Fsp3) is 0.533. The first-order chi connectivity index (χ1) is 9.22. The summed E-state index contributed by atoms with van der Waals surface area (Å²) in [7, 11) is -3.49. The van der Waals surface area contributed by atoms with Gasteiger partial charge in [-0.05, 0) is 25.3 Å². The quantitative estimate of drug-likeness (QED) is 0.874. The Balaban J connectivity index is 2.75. The molecule has 1 aromatic carbocycles. The molecular weight excluding hydrogens is 274 g/mol. The molecule has 112 valence electrons. The molecule has 4 nitrogen and oxygen atoms in total. The molecule has 0 saturated carbocycles. The van der Waals surface area contributed by atoms with Crippen molar-refractivity contribution >= 4 is 15.7 Å². The maximum Gasteiger partial charge on any atom is 0.238 e. The molecular formula is C15H23NO3S. The van der Waals surface area contributed by atoms with Crippen molar-refractivity contribution in [3.05, 3.63) is 35.4 Å². The van der Waals surface area contributed by atoms with E-state index in [1.54, 1.807) is 6.07 Å². The summed E-state index contributed by atoms with van der Waals surface area (Å²) in [6, 6.07) is 7.33. The normalized spacial score (nSPS) is 13.2. The highest BCUT2D eigenvalue weighted by Gasteiger charge is 2.28. The smallest absolute Gasteiger partial charge is 0.238 e. The van der Waals surface area contributed by atoms with Gasteiger partial charge in [0.1, 0.15) is 5.25 Å². The lowest BCUT2D eigenvalue weighted by atomic mass is 10.2. The Morgan fingerprint density at radius 2 is 1.90 bits per heavy atom. The van der Waals surface area contributed by atoms with E-state index < -0.39 is 21.0 Å². The van der Waals surface area contributed by atoms with Crippen LogP contribution in [0.2, 0.25) is 0 Å². The van der Waals surface area contributed by atoms with E-state index in [4.69, 9.17) is 0 Å². The second kappa shape index (κ2) is 6.88. The molecule has 0 aliphatic heterocycles. The molecule has 1 unspecified atom stereocenters. The summed E-state index contributed by atoms with van der Waals surface area (Å²) in [6.45, 7) is 7.78. The van der Waals surface area contributed by atoms with Crippen molar-refractivity contribution < 1.29 is 13.2 Å². The summed E-state index contributed by atoms with van der Waals surface area (Å²) in [5.41, 5.74) is 1.73. The van der Waals surface area contributed by atoms with Gasteiger partial charge in [-0.1, -0.05) is 43.7 Å². The van der Waals surface area contributed by atoms with Crippen LogP contribution >= 0.6 is 0 Å². The molecule has 1 amide bonds. The number of sulfone groups is 1. The third kappa shape index (κ3) is 4.96. The van der Waals surface area contributed by atoms with E-state index in [1.165, 1.54) is 6.92 Å². The number of hydrogen-bond acceptors (Lipinski definition) is 3. The fourth-order valence-corrected chi connectivity index (χ4v) is 3.07. The Morgan fingerprint density at radius 3 is 2.45 bits per heavy atom. The maximum atomic E-state index is 12.2. The molecule has 1 N–H and O–H groups in total. The van der Waals surface area contributed by atoms with Crippen LogP contribution in [0.5, 0.6) is 0 Å². The van der Waals surface area contributed by atoms with Gasteiger partial charge in [-0.2, -0.15) is 0 Å². The molecule has 0 aliphatic carbocycles. The van der Waals surface area contributed by atoms with Crippen molar-refractivity contribution in [2.24, 2.45) is 5.92 Å². The maximum absolute atomic E-state index is 12.2. The summed E-state index contributed by atoms with van der Waals surface area (Å²) in [6.07, 6.45) is 0. The molecule has 0 bridgehead atoms. The Hall–Kier alpha value is -1.36. The van der Waals surface area contributed by atoms with Crippen molar-refractivity contribution in [2.75, 3.05) is 6.54 Å². The second-order valence-electron chi connectivity index (χ2n) is 5.58. The third-order valence-corrected chi connectivity index (χ3v) is 5.07. The van der Waals surface area contributed by atoms with Gasteiger partial charge in [0.05, 0.1) is 5.75 Å². The number of carbonyl (C=O) groups is 1. The SMILES string of the molecule is Cc1cccc(CS(=O)(=O)C(C)C(=O)NCC(C)C)c1. The van der Waals surface area contributed by atoms with Crippen molar-refractivity contribution in [1.82, 2.24) is 5.32 Å². The van der Waals surface area contributed by atoms with E-state index >= 15 is 0 Å². The van der Waals surface area contributed by atoms with Crippen LogP contribution in [0.25, 0.3) is 0 Å². The number of amides is 1. The van der Waals surface area contributed by atoms with Gasteiger partial charge in [0.25, 0.3) is 0 Å². The predicted octanol–water partition coefficient (Wildman–Crippen LogP) is 2.07. The van der Waals surface area contributed by atoms with E-state index in [0.717, 1.165) is 5.56 Å². The fourth-order valence-electron chi connectivity index (χ4n) is 1.77. The van der Waals surface area contributed by atoms with Gasteiger partial charge in [0.15, 0.2) is 9.84 Å². The number of carbonyl (C=O) groups excluding carboxylic acids is 1. The predicted molar refractivity (Wildman–Crippen MR) is 81.1 cm³/mol. The van der Waals surface area contributed by atoms with Crippen molar-refractivity contribution in [1.29, 1.82) is 0 Å². The van der Waals surface area contributed by atoms with Gasteiger partial charge in [0.2, 0.25) is 5.91 Å². The molecule has 0 aromatic heterocycles. The largest absolute Gasteiger partial charge is 0.355 e.